The molecule has 2 aliphatic rings. The fourth-order valence-corrected chi connectivity index (χ4v) is 7.79. The number of ether oxygens (including phenoxy) is 6. The third-order valence-corrected chi connectivity index (χ3v) is 10.0. The van der Waals surface area contributed by atoms with Gasteiger partial charge in [0, 0.05) is 26.7 Å². The topological polar surface area (TPSA) is 213 Å². The van der Waals surface area contributed by atoms with E-state index < -0.39 is 83.8 Å². The standard InChI is InChI=1S/C40H49N5O12S/c1-8-58-38-36(55-24(4)48)35(54-23(3)47)34(53-22(2)46)32(56-38)20-45-19-25(43-44-45)18-41-37(50)31(17-33(49)57-40(5,6)7)42-39(51)52-21-30-28-15-11-9-13-26(28)27-14-10-12-16-29(27)30/h9-16,19,30-32,34-36,38H,8,17-18,20-21H2,1-7H3,(H,41,50)(H,42,51)/t31-,32+,34+,35-,36-,38+/m0/s1. The molecular formula is C40H49N5O12S. The molecule has 0 radical (unpaired) electrons. The molecule has 5 rings (SSSR count). The van der Waals surface area contributed by atoms with Crippen LogP contribution in [0.25, 0.3) is 11.1 Å². The van der Waals surface area contributed by atoms with E-state index >= 15 is 0 Å². The van der Waals surface area contributed by atoms with Crippen LogP contribution < -0.4 is 10.6 Å². The summed E-state index contributed by atoms with van der Waals surface area (Å²) in [7, 11) is 0. The van der Waals surface area contributed by atoms with Gasteiger partial charge in [0.2, 0.25) is 5.91 Å². The fraction of sp³-hybridized carbons (Fsp3) is 0.500. The van der Waals surface area contributed by atoms with E-state index in [4.69, 9.17) is 28.4 Å². The van der Waals surface area contributed by atoms with Crippen LogP contribution in [0.2, 0.25) is 0 Å². The van der Waals surface area contributed by atoms with E-state index in [0.717, 1.165) is 22.3 Å². The first kappa shape index (κ1) is 43.6. The van der Waals surface area contributed by atoms with Crippen LogP contribution >= 0.6 is 11.8 Å². The van der Waals surface area contributed by atoms with Gasteiger partial charge >= 0.3 is 30.0 Å². The molecule has 0 spiro atoms. The first-order chi connectivity index (χ1) is 27.5. The zero-order valence-electron chi connectivity index (χ0n) is 33.4. The van der Waals surface area contributed by atoms with Gasteiger partial charge in [0.1, 0.15) is 35.5 Å². The van der Waals surface area contributed by atoms with Crippen LogP contribution in [0.3, 0.4) is 0 Å². The van der Waals surface area contributed by atoms with Gasteiger partial charge in [0.25, 0.3) is 0 Å². The Morgan fingerprint density at radius 2 is 1.45 bits per heavy atom. The van der Waals surface area contributed by atoms with Crippen molar-refractivity contribution in [2.24, 2.45) is 0 Å². The monoisotopic (exact) mass is 823 g/mol. The number of alkyl carbamates (subject to hydrolysis) is 1. The summed E-state index contributed by atoms with van der Waals surface area (Å²) >= 11 is 1.31. The number of rotatable bonds is 15. The van der Waals surface area contributed by atoms with E-state index in [1.807, 2.05) is 55.5 Å². The molecule has 0 saturated carbocycles. The van der Waals surface area contributed by atoms with E-state index in [9.17, 15) is 28.8 Å². The van der Waals surface area contributed by atoms with Gasteiger partial charge in [-0.2, -0.15) is 0 Å². The average molecular weight is 824 g/mol. The van der Waals surface area contributed by atoms with Crippen molar-refractivity contribution in [3.05, 3.63) is 71.5 Å². The second-order valence-electron chi connectivity index (χ2n) is 14.7. The number of fused-ring (bicyclic) bond motifs is 3. The van der Waals surface area contributed by atoms with Crippen molar-refractivity contribution in [3.63, 3.8) is 0 Å². The number of esters is 4. The molecule has 6 atom stereocenters. The molecular weight excluding hydrogens is 775 g/mol. The summed E-state index contributed by atoms with van der Waals surface area (Å²) in [5.74, 6) is -3.10. The maximum absolute atomic E-state index is 13.5. The Bertz CT molecular complexity index is 1940. The largest absolute Gasteiger partial charge is 0.460 e. The van der Waals surface area contributed by atoms with E-state index in [-0.39, 0.29) is 25.6 Å². The van der Waals surface area contributed by atoms with Crippen molar-refractivity contribution in [3.8, 4) is 11.1 Å². The molecule has 1 aliphatic carbocycles. The van der Waals surface area contributed by atoms with Crippen LogP contribution in [0, 0.1) is 0 Å². The zero-order chi connectivity index (χ0) is 42.1. The van der Waals surface area contributed by atoms with Crippen molar-refractivity contribution >= 4 is 47.6 Å². The molecule has 58 heavy (non-hydrogen) atoms. The third kappa shape index (κ3) is 11.6. The molecule has 2 aromatic carbocycles. The normalized spacial score (nSPS) is 20.4. The van der Waals surface area contributed by atoms with Crippen molar-refractivity contribution in [1.82, 2.24) is 25.6 Å². The lowest BCUT2D eigenvalue weighted by Gasteiger charge is -2.44. The highest BCUT2D eigenvalue weighted by Crippen LogP contribution is 2.44. The number of carbonyl (C=O) groups excluding carboxylic acids is 6. The summed E-state index contributed by atoms with van der Waals surface area (Å²) in [6.07, 6.45) is -4.26. The van der Waals surface area contributed by atoms with Gasteiger partial charge in [-0.15, -0.1) is 16.9 Å². The number of aromatic nitrogens is 3. The third-order valence-electron chi connectivity index (χ3n) is 8.97. The van der Waals surface area contributed by atoms with Gasteiger partial charge in [-0.1, -0.05) is 60.7 Å². The van der Waals surface area contributed by atoms with Crippen LogP contribution in [-0.2, 0) is 65.5 Å². The quantitative estimate of drug-likeness (QED) is 0.165. The molecule has 2 heterocycles. The number of amides is 2. The predicted molar refractivity (Wildman–Crippen MR) is 208 cm³/mol. The molecule has 3 aromatic rings. The number of hydrogen-bond donors (Lipinski definition) is 2. The highest BCUT2D eigenvalue weighted by atomic mass is 32.2. The maximum Gasteiger partial charge on any atom is 0.407 e. The van der Waals surface area contributed by atoms with Crippen molar-refractivity contribution in [2.45, 2.75) is 115 Å². The highest BCUT2D eigenvalue weighted by molar-refractivity contribution is 7.99. The molecule has 1 aromatic heterocycles. The number of thioether (sulfide) groups is 1. The number of benzene rings is 2. The molecule has 0 unspecified atom stereocenters. The lowest BCUT2D eigenvalue weighted by molar-refractivity contribution is -0.233. The SMILES string of the molecule is CCS[C@H]1O[C@H](Cn2cc(CNC(=O)[C@H](CC(=O)OC(C)(C)C)NC(=O)OCC3c4ccccc4-c4ccccc43)nn2)[C@@H](OC(C)=O)[C@H](OC(C)=O)[C@@H]1OC(C)=O. The number of carbonyl (C=O) groups is 6. The summed E-state index contributed by atoms with van der Waals surface area (Å²) in [4.78, 5) is 76.0. The minimum atomic E-state index is -1.36. The number of hydrogen-bond acceptors (Lipinski definition) is 15. The van der Waals surface area contributed by atoms with Gasteiger partial charge in [0.15, 0.2) is 18.3 Å². The van der Waals surface area contributed by atoms with E-state index in [0.29, 0.717) is 11.4 Å². The first-order valence-electron chi connectivity index (χ1n) is 18.8. The van der Waals surface area contributed by atoms with E-state index in [2.05, 4.69) is 20.9 Å². The second kappa shape index (κ2) is 19.3. The lowest BCUT2D eigenvalue weighted by Crippen LogP contribution is -2.61. The molecule has 1 aliphatic heterocycles. The molecule has 312 valence electrons. The van der Waals surface area contributed by atoms with Gasteiger partial charge in [-0.25, -0.2) is 9.48 Å². The van der Waals surface area contributed by atoms with Crippen molar-refractivity contribution in [1.29, 1.82) is 0 Å². The highest BCUT2D eigenvalue weighted by Gasteiger charge is 2.52. The first-order valence-corrected chi connectivity index (χ1v) is 19.9. The van der Waals surface area contributed by atoms with Crippen LogP contribution in [0.5, 0.6) is 0 Å². The zero-order valence-corrected chi connectivity index (χ0v) is 34.2. The molecule has 17 nitrogen and oxygen atoms in total. The van der Waals surface area contributed by atoms with Crippen LogP contribution in [0.15, 0.2) is 54.7 Å². The summed E-state index contributed by atoms with van der Waals surface area (Å²) in [6.45, 7) is 10.3. The summed E-state index contributed by atoms with van der Waals surface area (Å²) in [5, 5.41) is 13.5. The van der Waals surface area contributed by atoms with E-state index in [1.165, 1.54) is 43.4 Å². The minimum absolute atomic E-state index is 0.00330. The molecule has 2 N–H and O–H groups in total. The predicted octanol–water partition coefficient (Wildman–Crippen LogP) is 3.81. The maximum atomic E-state index is 13.5. The van der Waals surface area contributed by atoms with Crippen LogP contribution in [0.1, 0.15) is 77.6 Å². The van der Waals surface area contributed by atoms with Crippen molar-refractivity contribution < 1.29 is 57.2 Å². The smallest absolute Gasteiger partial charge is 0.407 e. The number of nitrogens with zero attached hydrogens (tertiary/aromatic N) is 3. The Hall–Kier alpha value is -5.49. The van der Waals surface area contributed by atoms with E-state index in [1.54, 1.807) is 20.8 Å². The van der Waals surface area contributed by atoms with Gasteiger partial charge in [0.05, 0.1) is 25.7 Å². The molecule has 1 fully saturated rings. The Morgan fingerprint density at radius 1 is 0.862 bits per heavy atom. The van der Waals surface area contributed by atoms with Gasteiger partial charge in [-0.3, -0.25) is 24.0 Å². The number of nitrogens with one attached hydrogen (secondary N) is 2. The van der Waals surface area contributed by atoms with Crippen LogP contribution in [-0.4, -0.2) is 105 Å². The lowest BCUT2D eigenvalue weighted by atomic mass is 9.98. The molecule has 1 saturated heterocycles. The van der Waals surface area contributed by atoms with Crippen molar-refractivity contribution in [2.75, 3.05) is 12.4 Å². The average Bonchev–Trinajstić information content (AvgIpc) is 3.73. The molecule has 0 bridgehead atoms. The summed E-state index contributed by atoms with van der Waals surface area (Å²) in [5.41, 5.74) is 2.80. The van der Waals surface area contributed by atoms with Gasteiger partial charge in [-0.05, 0) is 48.8 Å². The Balaban J connectivity index is 1.26. The molecule has 2 amide bonds. The summed E-state index contributed by atoms with van der Waals surface area (Å²) in [6, 6.07) is 14.4. The summed E-state index contributed by atoms with van der Waals surface area (Å²) < 4.78 is 35.4. The Morgan fingerprint density at radius 3 is 2.03 bits per heavy atom. The Kier molecular flexibility index (Phi) is 14.5. The Labute approximate surface area is 340 Å². The fourth-order valence-electron chi connectivity index (χ4n) is 6.84. The molecule has 18 heteroatoms. The van der Waals surface area contributed by atoms with Gasteiger partial charge < -0.3 is 39.1 Å². The minimum Gasteiger partial charge on any atom is -0.460 e. The van der Waals surface area contributed by atoms with Crippen LogP contribution in [0.4, 0.5) is 4.79 Å². The second-order valence-corrected chi connectivity index (χ2v) is 16.1.